The summed E-state index contributed by atoms with van der Waals surface area (Å²) in [6.45, 7) is 3.17. The molecule has 140 valence electrons. The Morgan fingerprint density at radius 1 is 1.16 bits per heavy atom. The van der Waals surface area contributed by atoms with Crippen LogP contribution in [0.2, 0.25) is 0 Å². The Bertz CT molecular complexity index is 554. The van der Waals surface area contributed by atoms with E-state index in [0.29, 0.717) is 18.7 Å². The molecule has 0 aromatic heterocycles. The second kappa shape index (κ2) is 10.4. The number of ketones is 1. The van der Waals surface area contributed by atoms with Gasteiger partial charge in [0.25, 0.3) is 0 Å². The normalized spacial score (nSPS) is 15.3. The number of ether oxygens (including phenoxy) is 1. The molecule has 6 heteroatoms. The molecule has 1 aliphatic rings. The number of nitrogens with two attached hydrogens (primary N) is 1. The minimum absolute atomic E-state index is 0. The molecule has 1 aromatic rings. The zero-order valence-electron chi connectivity index (χ0n) is 14.9. The van der Waals surface area contributed by atoms with Crippen molar-refractivity contribution in [2.75, 3.05) is 13.2 Å². The van der Waals surface area contributed by atoms with E-state index in [2.05, 4.69) is 5.32 Å². The van der Waals surface area contributed by atoms with Crippen molar-refractivity contribution < 1.29 is 14.3 Å². The number of rotatable bonds is 9. The van der Waals surface area contributed by atoms with E-state index in [1.54, 1.807) is 24.3 Å². The summed E-state index contributed by atoms with van der Waals surface area (Å²) < 4.78 is 5.50. The molecule has 0 heterocycles. The van der Waals surface area contributed by atoms with Crippen LogP contribution in [-0.4, -0.2) is 30.4 Å². The molecule has 1 fully saturated rings. The molecule has 0 spiro atoms. The molecule has 1 aliphatic carbocycles. The van der Waals surface area contributed by atoms with Gasteiger partial charge in [-0.2, -0.15) is 0 Å². The summed E-state index contributed by atoms with van der Waals surface area (Å²) in [4.78, 5) is 24.3. The third-order valence-electron chi connectivity index (χ3n) is 4.58. The number of carbonyl (C=O) groups is 2. The molecular formula is C19H29ClN2O3. The van der Waals surface area contributed by atoms with Crippen LogP contribution in [0.25, 0.3) is 0 Å². The standard InChI is InChI=1S/C19H28N2O3.ClH/c1-2-13-24-16-7-5-15(6-8-16)17(22)9-10-18(23)21-19(14-20)11-3-4-12-19;/h5-8H,2-4,9-14,20H2,1H3,(H,21,23);1H. The first kappa shape index (κ1) is 21.5. The maximum Gasteiger partial charge on any atom is 0.220 e. The van der Waals surface area contributed by atoms with Gasteiger partial charge in [0.05, 0.1) is 12.1 Å². The molecule has 1 amide bonds. The second-order valence-electron chi connectivity index (χ2n) is 6.54. The molecule has 3 N–H and O–H groups in total. The van der Waals surface area contributed by atoms with Gasteiger partial charge in [0.2, 0.25) is 5.91 Å². The van der Waals surface area contributed by atoms with Crippen molar-refractivity contribution in [2.24, 2.45) is 5.73 Å². The first-order chi connectivity index (χ1) is 11.6. The number of benzene rings is 1. The van der Waals surface area contributed by atoms with Crippen LogP contribution in [0.15, 0.2) is 24.3 Å². The molecule has 0 unspecified atom stereocenters. The molecule has 0 radical (unpaired) electrons. The zero-order valence-corrected chi connectivity index (χ0v) is 15.7. The van der Waals surface area contributed by atoms with Gasteiger partial charge in [-0.3, -0.25) is 9.59 Å². The van der Waals surface area contributed by atoms with Gasteiger partial charge in [-0.15, -0.1) is 12.4 Å². The Labute approximate surface area is 156 Å². The van der Waals surface area contributed by atoms with Crippen LogP contribution in [0, 0.1) is 0 Å². The molecule has 2 rings (SSSR count). The molecule has 0 atom stereocenters. The number of Topliss-reactive ketones (excluding diaryl/α,β-unsaturated/α-hetero) is 1. The van der Waals surface area contributed by atoms with E-state index in [-0.39, 0.29) is 42.5 Å². The smallest absolute Gasteiger partial charge is 0.220 e. The van der Waals surface area contributed by atoms with Crippen molar-refractivity contribution in [2.45, 2.75) is 57.4 Å². The maximum absolute atomic E-state index is 12.2. The van der Waals surface area contributed by atoms with Crippen LogP contribution in [0.3, 0.4) is 0 Å². The SMILES string of the molecule is CCCOc1ccc(C(=O)CCC(=O)NC2(CN)CCCC2)cc1.Cl. The van der Waals surface area contributed by atoms with Crippen LogP contribution >= 0.6 is 12.4 Å². The van der Waals surface area contributed by atoms with E-state index < -0.39 is 0 Å². The summed E-state index contributed by atoms with van der Waals surface area (Å²) in [7, 11) is 0. The lowest BCUT2D eigenvalue weighted by molar-refractivity contribution is -0.122. The lowest BCUT2D eigenvalue weighted by atomic mass is 9.97. The molecule has 25 heavy (non-hydrogen) atoms. The van der Waals surface area contributed by atoms with Crippen LogP contribution < -0.4 is 15.8 Å². The maximum atomic E-state index is 12.2. The highest BCUT2D eigenvalue weighted by molar-refractivity contribution is 5.98. The monoisotopic (exact) mass is 368 g/mol. The minimum Gasteiger partial charge on any atom is -0.494 e. The third-order valence-corrected chi connectivity index (χ3v) is 4.58. The van der Waals surface area contributed by atoms with Gasteiger partial charge in [0.15, 0.2) is 5.78 Å². The summed E-state index contributed by atoms with van der Waals surface area (Å²) in [6.07, 6.45) is 5.42. The molecule has 5 nitrogen and oxygen atoms in total. The lowest BCUT2D eigenvalue weighted by Crippen LogP contribution is -2.51. The van der Waals surface area contributed by atoms with Gasteiger partial charge in [-0.25, -0.2) is 0 Å². The van der Waals surface area contributed by atoms with E-state index in [9.17, 15) is 9.59 Å². The van der Waals surface area contributed by atoms with Crippen LogP contribution in [0.4, 0.5) is 0 Å². The number of nitrogens with one attached hydrogen (secondary N) is 1. The van der Waals surface area contributed by atoms with E-state index in [0.717, 1.165) is 37.9 Å². The highest BCUT2D eigenvalue weighted by atomic mass is 35.5. The Hall–Kier alpha value is -1.59. The van der Waals surface area contributed by atoms with Crippen molar-refractivity contribution in [3.8, 4) is 5.75 Å². The van der Waals surface area contributed by atoms with Crippen molar-refractivity contribution in [1.29, 1.82) is 0 Å². The van der Waals surface area contributed by atoms with Gasteiger partial charge >= 0.3 is 0 Å². The topological polar surface area (TPSA) is 81.4 Å². The van der Waals surface area contributed by atoms with Gasteiger partial charge in [-0.1, -0.05) is 19.8 Å². The second-order valence-corrected chi connectivity index (χ2v) is 6.54. The molecular weight excluding hydrogens is 340 g/mol. The Kier molecular flexibility index (Phi) is 8.93. The molecule has 0 saturated heterocycles. The first-order valence-corrected chi connectivity index (χ1v) is 8.86. The van der Waals surface area contributed by atoms with E-state index in [1.165, 1.54) is 0 Å². The van der Waals surface area contributed by atoms with Gasteiger partial charge < -0.3 is 15.8 Å². The largest absolute Gasteiger partial charge is 0.494 e. The zero-order chi connectivity index (χ0) is 17.4. The fourth-order valence-corrected chi connectivity index (χ4v) is 3.12. The molecule has 1 aromatic carbocycles. The average molecular weight is 369 g/mol. The first-order valence-electron chi connectivity index (χ1n) is 8.86. The highest BCUT2D eigenvalue weighted by Crippen LogP contribution is 2.28. The van der Waals surface area contributed by atoms with E-state index in [4.69, 9.17) is 10.5 Å². The average Bonchev–Trinajstić information content (AvgIpc) is 3.07. The molecule has 0 bridgehead atoms. The van der Waals surface area contributed by atoms with Crippen molar-refractivity contribution in [3.63, 3.8) is 0 Å². The van der Waals surface area contributed by atoms with Crippen molar-refractivity contribution in [1.82, 2.24) is 5.32 Å². The fraction of sp³-hybridized carbons (Fsp3) is 0.579. The van der Waals surface area contributed by atoms with Crippen LogP contribution in [-0.2, 0) is 4.79 Å². The van der Waals surface area contributed by atoms with Crippen molar-refractivity contribution >= 4 is 24.1 Å². The van der Waals surface area contributed by atoms with Crippen LogP contribution in [0.5, 0.6) is 5.75 Å². The number of carbonyl (C=O) groups excluding carboxylic acids is 2. The van der Waals surface area contributed by atoms with Crippen molar-refractivity contribution in [3.05, 3.63) is 29.8 Å². The Morgan fingerprint density at radius 2 is 1.80 bits per heavy atom. The number of amides is 1. The molecule has 0 aliphatic heterocycles. The van der Waals surface area contributed by atoms with E-state index in [1.807, 2.05) is 6.92 Å². The minimum atomic E-state index is -0.252. The third kappa shape index (κ3) is 6.33. The lowest BCUT2D eigenvalue weighted by Gasteiger charge is -2.28. The number of hydrogen-bond donors (Lipinski definition) is 2. The highest BCUT2D eigenvalue weighted by Gasteiger charge is 2.33. The van der Waals surface area contributed by atoms with Gasteiger partial charge in [-0.05, 0) is 43.5 Å². The van der Waals surface area contributed by atoms with Gasteiger partial charge in [0, 0.05) is 24.9 Å². The summed E-state index contributed by atoms with van der Waals surface area (Å²) >= 11 is 0. The van der Waals surface area contributed by atoms with Crippen LogP contribution in [0.1, 0.15) is 62.2 Å². The fourth-order valence-electron chi connectivity index (χ4n) is 3.12. The summed E-state index contributed by atoms with van der Waals surface area (Å²) in [5.74, 6) is 0.649. The quantitative estimate of drug-likeness (QED) is 0.655. The summed E-state index contributed by atoms with van der Waals surface area (Å²) in [6, 6.07) is 7.10. The summed E-state index contributed by atoms with van der Waals surface area (Å²) in [5.41, 5.74) is 6.18. The Balaban J connectivity index is 0.00000312. The predicted octanol–water partition coefficient (Wildman–Crippen LogP) is 3.25. The molecule has 1 saturated carbocycles. The van der Waals surface area contributed by atoms with E-state index >= 15 is 0 Å². The van der Waals surface area contributed by atoms with Gasteiger partial charge in [0.1, 0.15) is 5.75 Å². The Morgan fingerprint density at radius 3 is 2.36 bits per heavy atom. The number of hydrogen-bond acceptors (Lipinski definition) is 4. The summed E-state index contributed by atoms with van der Waals surface area (Å²) in [5, 5.41) is 3.04. The number of halogens is 1. The predicted molar refractivity (Wildman–Crippen MR) is 101 cm³/mol.